The van der Waals surface area contributed by atoms with Crippen LogP contribution in [0.15, 0.2) is 48.5 Å². The highest BCUT2D eigenvalue weighted by Crippen LogP contribution is 2.32. The number of ether oxygens (including phenoxy) is 1. The summed E-state index contributed by atoms with van der Waals surface area (Å²) >= 11 is 0. The third-order valence-electron chi connectivity index (χ3n) is 3.23. The molecule has 2 aromatic carbocycles. The normalized spacial score (nSPS) is 13.0. The first-order chi connectivity index (χ1) is 9.90. The van der Waals surface area contributed by atoms with E-state index in [0.29, 0.717) is 5.56 Å². The van der Waals surface area contributed by atoms with Crippen molar-refractivity contribution in [3.8, 4) is 5.75 Å². The smallest absolute Gasteiger partial charge is 0.405 e. The topological polar surface area (TPSA) is 35.2 Å². The van der Waals surface area contributed by atoms with Gasteiger partial charge in [-0.15, -0.1) is 13.2 Å². The molecule has 0 amide bonds. The van der Waals surface area contributed by atoms with Gasteiger partial charge in [0.2, 0.25) is 0 Å². The summed E-state index contributed by atoms with van der Waals surface area (Å²) in [6.45, 7) is 2.03. The molecule has 0 saturated carbocycles. The molecule has 0 aliphatic carbocycles. The van der Waals surface area contributed by atoms with Crippen molar-refractivity contribution in [3.63, 3.8) is 0 Å². The molecule has 112 valence electrons. The summed E-state index contributed by atoms with van der Waals surface area (Å²) in [6.07, 6.45) is -3.84. The summed E-state index contributed by atoms with van der Waals surface area (Å²) in [4.78, 5) is 0. The molecule has 0 radical (unpaired) electrons. The number of halogens is 3. The zero-order chi connectivity index (χ0) is 15.5. The molecule has 0 aliphatic heterocycles. The Balaban J connectivity index is 2.31. The highest BCUT2D eigenvalue weighted by molar-refractivity contribution is 5.41. The quantitative estimate of drug-likeness (QED) is 0.917. The van der Waals surface area contributed by atoms with E-state index in [2.05, 4.69) is 4.74 Å². The zero-order valence-electron chi connectivity index (χ0n) is 11.5. The first-order valence-electron chi connectivity index (χ1n) is 6.60. The largest absolute Gasteiger partial charge is 0.573 e. The molecule has 2 aromatic rings. The van der Waals surface area contributed by atoms with E-state index >= 15 is 0 Å². The van der Waals surface area contributed by atoms with E-state index in [9.17, 15) is 13.2 Å². The molecule has 1 unspecified atom stereocenters. The molecule has 0 aliphatic rings. The van der Waals surface area contributed by atoms with Crippen molar-refractivity contribution < 1.29 is 17.9 Å². The van der Waals surface area contributed by atoms with Crippen LogP contribution in [0.4, 0.5) is 13.2 Å². The van der Waals surface area contributed by atoms with Gasteiger partial charge in [0.05, 0.1) is 6.04 Å². The first-order valence-corrected chi connectivity index (χ1v) is 6.60. The van der Waals surface area contributed by atoms with Gasteiger partial charge >= 0.3 is 6.36 Å². The second kappa shape index (κ2) is 6.18. The Hall–Kier alpha value is -2.01. The maximum Gasteiger partial charge on any atom is 0.573 e. The van der Waals surface area contributed by atoms with Crippen molar-refractivity contribution in [2.45, 2.75) is 25.7 Å². The lowest BCUT2D eigenvalue weighted by molar-refractivity contribution is -0.274. The Labute approximate surface area is 121 Å². The molecule has 0 saturated heterocycles. The first kappa shape index (κ1) is 15.4. The Morgan fingerprint density at radius 1 is 1.05 bits per heavy atom. The molecule has 0 fully saturated rings. The summed E-state index contributed by atoms with van der Waals surface area (Å²) in [5.74, 6) is -0.267. The fourth-order valence-electron chi connectivity index (χ4n) is 2.10. The van der Waals surface area contributed by atoms with Gasteiger partial charge in [-0.2, -0.15) is 0 Å². The maximum absolute atomic E-state index is 12.4. The highest BCUT2D eigenvalue weighted by atomic mass is 19.4. The third kappa shape index (κ3) is 3.98. The number of para-hydroxylation sites is 1. The Kier molecular flexibility index (Phi) is 4.53. The molecule has 5 heteroatoms. The minimum absolute atomic E-state index is 0.267. The lowest BCUT2D eigenvalue weighted by Gasteiger charge is -2.18. The van der Waals surface area contributed by atoms with Crippen molar-refractivity contribution in [2.75, 3.05) is 0 Å². The van der Waals surface area contributed by atoms with Gasteiger partial charge < -0.3 is 10.5 Å². The van der Waals surface area contributed by atoms with E-state index in [0.717, 1.165) is 17.5 Å². The molecule has 0 aromatic heterocycles. The SMILES string of the molecule is CCc1ccc(C(N)c2ccccc2OC(F)(F)F)cc1. The molecule has 1 atom stereocenters. The van der Waals surface area contributed by atoms with Crippen LogP contribution in [0.5, 0.6) is 5.75 Å². The fourth-order valence-corrected chi connectivity index (χ4v) is 2.10. The predicted molar refractivity (Wildman–Crippen MR) is 75.0 cm³/mol. The molecule has 0 bridgehead atoms. The number of rotatable bonds is 4. The van der Waals surface area contributed by atoms with Gasteiger partial charge in [0.25, 0.3) is 0 Å². The number of alkyl halides is 3. The van der Waals surface area contributed by atoms with Crippen LogP contribution in [0.2, 0.25) is 0 Å². The molecule has 21 heavy (non-hydrogen) atoms. The van der Waals surface area contributed by atoms with Crippen LogP contribution in [0, 0.1) is 0 Å². The number of hydrogen-bond acceptors (Lipinski definition) is 2. The van der Waals surface area contributed by atoms with Crippen LogP contribution in [0.1, 0.15) is 29.7 Å². The molecule has 0 heterocycles. The minimum atomic E-state index is -4.73. The number of hydrogen-bond donors (Lipinski definition) is 1. The van der Waals surface area contributed by atoms with E-state index in [-0.39, 0.29) is 5.75 Å². The third-order valence-corrected chi connectivity index (χ3v) is 3.23. The van der Waals surface area contributed by atoms with Crippen LogP contribution in [0.25, 0.3) is 0 Å². The van der Waals surface area contributed by atoms with Gasteiger partial charge in [0.15, 0.2) is 0 Å². The second-order valence-corrected chi connectivity index (χ2v) is 4.66. The van der Waals surface area contributed by atoms with E-state index < -0.39 is 12.4 Å². The Morgan fingerprint density at radius 3 is 2.24 bits per heavy atom. The summed E-state index contributed by atoms with van der Waals surface area (Å²) in [7, 11) is 0. The number of nitrogens with two attached hydrogens (primary N) is 1. The monoisotopic (exact) mass is 295 g/mol. The van der Waals surface area contributed by atoms with Crippen molar-refractivity contribution in [3.05, 3.63) is 65.2 Å². The molecular formula is C16H16F3NO. The van der Waals surface area contributed by atoms with E-state index in [1.165, 1.54) is 12.1 Å². The highest BCUT2D eigenvalue weighted by Gasteiger charge is 2.32. The zero-order valence-corrected chi connectivity index (χ0v) is 11.5. The average Bonchev–Trinajstić information content (AvgIpc) is 2.45. The Morgan fingerprint density at radius 2 is 1.67 bits per heavy atom. The van der Waals surface area contributed by atoms with Crippen LogP contribution < -0.4 is 10.5 Å². The standard InChI is InChI=1S/C16H16F3NO/c1-2-11-7-9-12(10-8-11)15(20)13-5-3-4-6-14(13)21-16(17,18)19/h3-10,15H,2,20H2,1H3. The maximum atomic E-state index is 12.4. The van der Waals surface area contributed by atoms with Gasteiger partial charge in [-0.1, -0.05) is 49.4 Å². The average molecular weight is 295 g/mol. The van der Waals surface area contributed by atoms with E-state index in [1.807, 2.05) is 31.2 Å². The van der Waals surface area contributed by atoms with Crippen LogP contribution in [0.3, 0.4) is 0 Å². The van der Waals surface area contributed by atoms with Crippen LogP contribution >= 0.6 is 0 Å². The second-order valence-electron chi connectivity index (χ2n) is 4.66. The lowest BCUT2D eigenvalue weighted by Crippen LogP contribution is -2.20. The summed E-state index contributed by atoms with van der Waals surface area (Å²) in [6, 6.07) is 12.8. The van der Waals surface area contributed by atoms with Crippen molar-refractivity contribution >= 4 is 0 Å². The van der Waals surface area contributed by atoms with Gasteiger partial charge in [0.1, 0.15) is 5.75 Å². The molecule has 2 nitrogen and oxygen atoms in total. The number of aryl methyl sites for hydroxylation is 1. The van der Waals surface area contributed by atoms with Crippen molar-refractivity contribution in [1.82, 2.24) is 0 Å². The van der Waals surface area contributed by atoms with E-state index in [4.69, 9.17) is 5.73 Å². The predicted octanol–water partition coefficient (Wildman–Crippen LogP) is 4.20. The minimum Gasteiger partial charge on any atom is -0.405 e. The fraction of sp³-hybridized carbons (Fsp3) is 0.250. The Bertz CT molecular complexity index is 593. The summed E-state index contributed by atoms with van der Waals surface area (Å²) in [5.41, 5.74) is 8.27. The van der Waals surface area contributed by atoms with Crippen LogP contribution in [-0.4, -0.2) is 6.36 Å². The number of benzene rings is 2. The van der Waals surface area contributed by atoms with Gasteiger partial charge in [-0.05, 0) is 23.6 Å². The molecule has 2 rings (SSSR count). The molecule has 0 spiro atoms. The summed E-state index contributed by atoms with van der Waals surface area (Å²) in [5, 5.41) is 0. The lowest BCUT2D eigenvalue weighted by atomic mass is 9.97. The van der Waals surface area contributed by atoms with Crippen LogP contribution in [-0.2, 0) is 6.42 Å². The molecular weight excluding hydrogens is 279 g/mol. The van der Waals surface area contributed by atoms with Gasteiger partial charge in [-0.25, -0.2) is 0 Å². The summed E-state index contributed by atoms with van der Waals surface area (Å²) < 4.78 is 41.3. The van der Waals surface area contributed by atoms with Gasteiger partial charge in [-0.3, -0.25) is 0 Å². The van der Waals surface area contributed by atoms with Gasteiger partial charge in [0, 0.05) is 5.56 Å². The molecule has 2 N–H and O–H groups in total. The van der Waals surface area contributed by atoms with Crippen molar-refractivity contribution in [1.29, 1.82) is 0 Å². The van der Waals surface area contributed by atoms with Crippen molar-refractivity contribution in [2.24, 2.45) is 5.73 Å². The van der Waals surface area contributed by atoms with E-state index in [1.54, 1.807) is 12.1 Å².